The number of hydrogen-bond donors (Lipinski definition) is 2. The number of pyridine rings is 1. The average Bonchev–Trinajstić information content (AvgIpc) is 3.31. The Balaban J connectivity index is 1.64. The van der Waals surface area contributed by atoms with Crippen LogP contribution >= 0.6 is 34.8 Å². The predicted molar refractivity (Wildman–Crippen MR) is 146 cm³/mol. The summed E-state index contributed by atoms with van der Waals surface area (Å²) in [6.07, 6.45) is 5.13. The van der Waals surface area contributed by atoms with Crippen LogP contribution in [0.15, 0.2) is 73.3 Å². The zero-order valence-corrected chi connectivity index (χ0v) is 21.6. The van der Waals surface area contributed by atoms with Crippen LogP contribution in [-0.2, 0) is 7.05 Å². The number of nitriles is 1. The lowest BCUT2D eigenvalue weighted by Crippen LogP contribution is -2.13. The van der Waals surface area contributed by atoms with Crippen molar-refractivity contribution in [1.82, 2.24) is 14.5 Å². The highest BCUT2D eigenvalue weighted by Gasteiger charge is 2.20. The molecule has 0 amide bonds. The standard InChI is InChI=1S/C27H18Cl3FN6/c1-37-13-24(34-14-37)26(15-2-4-17(28)5-3-15)36-23-9-18(29)8-20-25(16(11-32)12-33-27(20)23)35-19-6-7-22(31)21(30)10-19/h2-10,12-14,26,36H,1H3,(H,33,35). The Morgan fingerprint density at radius 2 is 1.78 bits per heavy atom. The van der Waals surface area contributed by atoms with Crippen LogP contribution in [0.3, 0.4) is 0 Å². The number of nitrogens with one attached hydrogen (secondary N) is 2. The molecule has 10 heteroatoms. The topological polar surface area (TPSA) is 78.6 Å². The van der Waals surface area contributed by atoms with E-state index in [0.717, 1.165) is 11.3 Å². The first kappa shape index (κ1) is 24.8. The molecule has 0 aliphatic heterocycles. The normalized spacial score (nSPS) is 11.8. The Labute approximate surface area is 227 Å². The molecule has 5 aromatic rings. The Bertz CT molecular complexity index is 1660. The van der Waals surface area contributed by atoms with Gasteiger partial charge in [-0.05, 0) is 48.0 Å². The summed E-state index contributed by atoms with van der Waals surface area (Å²) in [6, 6.07) is 17.0. The van der Waals surface area contributed by atoms with Crippen LogP contribution < -0.4 is 10.6 Å². The van der Waals surface area contributed by atoms with Crippen molar-refractivity contribution in [2.45, 2.75) is 6.04 Å². The van der Waals surface area contributed by atoms with E-state index in [-0.39, 0.29) is 11.1 Å². The van der Waals surface area contributed by atoms with E-state index in [1.54, 1.807) is 18.5 Å². The average molecular weight is 552 g/mol. The van der Waals surface area contributed by atoms with Gasteiger partial charge in [-0.25, -0.2) is 9.37 Å². The van der Waals surface area contributed by atoms with Gasteiger partial charge in [0.05, 0.1) is 45.5 Å². The third-order valence-electron chi connectivity index (χ3n) is 5.77. The molecule has 2 heterocycles. The number of halogens is 4. The van der Waals surface area contributed by atoms with E-state index in [9.17, 15) is 9.65 Å². The minimum absolute atomic E-state index is 0.0385. The van der Waals surface area contributed by atoms with E-state index < -0.39 is 5.82 Å². The van der Waals surface area contributed by atoms with Crippen LogP contribution in [-0.4, -0.2) is 14.5 Å². The summed E-state index contributed by atoms with van der Waals surface area (Å²) in [5.74, 6) is -0.537. The summed E-state index contributed by atoms with van der Waals surface area (Å²) in [7, 11) is 1.90. The van der Waals surface area contributed by atoms with Gasteiger partial charge >= 0.3 is 0 Å². The molecule has 6 nitrogen and oxygen atoms in total. The summed E-state index contributed by atoms with van der Waals surface area (Å²) in [5.41, 5.74) is 4.21. The molecule has 0 aliphatic rings. The van der Waals surface area contributed by atoms with Crippen molar-refractivity contribution in [1.29, 1.82) is 5.26 Å². The molecule has 2 aromatic heterocycles. The third-order valence-corrected chi connectivity index (χ3v) is 6.53. The van der Waals surface area contributed by atoms with E-state index in [1.807, 2.05) is 42.1 Å². The molecule has 1 unspecified atom stereocenters. The van der Waals surface area contributed by atoms with Gasteiger partial charge in [0, 0.05) is 40.6 Å². The van der Waals surface area contributed by atoms with Crippen LogP contribution in [0.5, 0.6) is 0 Å². The number of fused-ring (bicyclic) bond motifs is 1. The maximum absolute atomic E-state index is 13.7. The molecule has 0 saturated carbocycles. The second kappa shape index (κ2) is 10.3. The number of imidazole rings is 1. The molecule has 3 aromatic carbocycles. The quantitative estimate of drug-likeness (QED) is 0.224. The smallest absolute Gasteiger partial charge is 0.141 e. The van der Waals surface area contributed by atoms with Crippen molar-refractivity contribution in [3.05, 3.63) is 111 Å². The number of aryl methyl sites for hydroxylation is 1. The van der Waals surface area contributed by atoms with Gasteiger partial charge in [0.15, 0.2) is 0 Å². The first-order valence-electron chi connectivity index (χ1n) is 11.1. The molecule has 184 valence electrons. The highest BCUT2D eigenvalue weighted by molar-refractivity contribution is 6.32. The first-order chi connectivity index (χ1) is 17.8. The van der Waals surface area contributed by atoms with Crippen LogP contribution in [0.1, 0.15) is 22.9 Å². The van der Waals surface area contributed by atoms with Gasteiger partial charge in [-0.1, -0.05) is 46.9 Å². The minimum Gasteiger partial charge on any atom is -0.371 e. The molecule has 0 saturated heterocycles. The zero-order chi connectivity index (χ0) is 26.1. The molecule has 0 spiro atoms. The fraction of sp³-hybridized carbons (Fsp3) is 0.0741. The lowest BCUT2D eigenvalue weighted by atomic mass is 10.0. The zero-order valence-electron chi connectivity index (χ0n) is 19.3. The Morgan fingerprint density at radius 3 is 2.46 bits per heavy atom. The molecule has 0 aliphatic carbocycles. The van der Waals surface area contributed by atoms with Gasteiger partial charge in [-0.3, -0.25) is 4.98 Å². The van der Waals surface area contributed by atoms with Gasteiger partial charge in [0.1, 0.15) is 11.9 Å². The molecule has 0 radical (unpaired) electrons. The maximum atomic E-state index is 13.7. The Kier molecular flexibility index (Phi) is 6.90. The summed E-state index contributed by atoms with van der Waals surface area (Å²) in [6.45, 7) is 0. The van der Waals surface area contributed by atoms with Gasteiger partial charge in [0.25, 0.3) is 0 Å². The summed E-state index contributed by atoms with van der Waals surface area (Å²) in [4.78, 5) is 9.12. The van der Waals surface area contributed by atoms with Crippen molar-refractivity contribution in [2.24, 2.45) is 7.05 Å². The predicted octanol–water partition coefficient (Wildman–Crippen LogP) is 7.88. The van der Waals surface area contributed by atoms with Gasteiger partial charge in [-0.15, -0.1) is 0 Å². The largest absolute Gasteiger partial charge is 0.371 e. The van der Waals surface area contributed by atoms with E-state index in [0.29, 0.717) is 43.6 Å². The second-order valence-electron chi connectivity index (χ2n) is 8.35. The number of rotatable bonds is 6. The van der Waals surface area contributed by atoms with E-state index >= 15 is 0 Å². The van der Waals surface area contributed by atoms with Gasteiger partial charge in [0.2, 0.25) is 0 Å². The lowest BCUT2D eigenvalue weighted by molar-refractivity contribution is 0.628. The number of nitrogens with zero attached hydrogens (tertiary/aromatic N) is 4. The molecule has 0 bridgehead atoms. The summed E-state index contributed by atoms with van der Waals surface area (Å²) < 4.78 is 15.6. The third kappa shape index (κ3) is 5.18. The number of anilines is 3. The van der Waals surface area contributed by atoms with Crippen molar-refractivity contribution >= 4 is 62.8 Å². The number of hydrogen-bond acceptors (Lipinski definition) is 5. The Morgan fingerprint density at radius 1 is 1.00 bits per heavy atom. The van der Waals surface area contributed by atoms with Crippen LogP contribution in [0.4, 0.5) is 21.5 Å². The highest BCUT2D eigenvalue weighted by atomic mass is 35.5. The molecule has 1 atom stereocenters. The van der Waals surface area contributed by atoms with Crippen molar-refractivity contribution in [3.8, 4) is 6.07 Å². The summed E-state index contributed by atoms with van der Waals surface area (Å²) >= 11 is 18.6. The molecule has 37 heavy (non-hydrogen) atoms. The SMILES string of the molecule is Cn1cnc(C(Nc2cc(Cl)cc3c(Nc4ccc(F)c(Cl)c4)c(C#N)cnc23)c2ccc(Cl)cc2)c1. The van der Waals surface area contributed by atoms with Gasteiger partial charge in [-0.2, -0.15) is 5.26 Å². The first-order valence-corrected chi connectivity index (χ1v) is 12.2. The fourth-order valence-electron chi connectivity index (χ4n) is 4.04. The molecular formula is C27H18Cl3FN6. The minimum atomic E-state index is -0.537. The maximum Gasteiger partial charge on any atom is 0.141 e. The van der Waals surface area contributed by atoms with Crippen LogP contribution in [0.2, 0.25) is 15.1 Å². The Hall–Kier alpha value is -3.83. The second-order valence-corrected chi connectivity index (χ2v) is 9.64. The van der Waals surface area contributed by atoms with Crippen LogP contribution in [0, 0.1) is 17.1 Å². The summed E-state index contributed by atoms with van der Waals surface area (Å²) in [5, 5.41) is 18.1. The molecule has 5 rings (SSSR count). The molecular weight excluding hydrogens is 534 g/mol. The highest BCUT2D eigenvalue weighted by Crippen LogP contribution is 2.37. The number of aromatic nitrogens is 3. The monoisotopic (exact) mass is 550 g/mol. The van der Waals surface area contributed by atoms with E-state index in [2.05, 4.69) is 26.7 Å². The van der Waals surface area contributed by atoms with E-state index in [4.69, 9.17) is 34.8 Å². The molecule has 2 N–H and O–H groups in total. The number of benzene rings is 3. The van der Waals surface area contributed by atoms with Crippen molar-refractivity contribution in [3.63, 3.8) is 0 Å². The van der Waals surface area contributed by atoms with Crippen LogP contribution in [0.25, 0.3) is 10.9 Å². The van der Waals surface area contributed by atoms with E-state index in [1.165, 1.54) is 24.4 Å². The van der Waals surface area contributed by atoms with Crippen molar-refractivity contribution < 1.29 is 4.39 Å². The van der Waals surface area contributed by atoms with Crippen molar-refractivity contribution in [2.75, 3.05) is 10.6 Å². The fourth-order valence-corrected chi connectivity index (χ4v) is 4.56. The van der Waals surface area contributed by atoms with Gasteiger partial charge < -0.3 is 15.2 Å². The lowest BCUT2D eigenvalue weighted by Gasteiger charge is -2.21. The molecule has 0 fully saturated rings.